The quantitative estimate of drug-likeness (QED) is 0.538. The van der Waals surface area contributed by atoms with E-state index in [4.69, 9.17) is 5.14 Å². The molecule has 0 aliphatic rings. The number of benzene rings is 2. The largest absolute Gasteiger partial charge is 0.349 e. The van der Waals surface area contributed by atoms with Crippen LogP contribution < -0.4 is 10.5 Å². The summed E-state index contributed by atoms with van der Waals surface area (Å²) in [5.41, 5.74) is 2.07. The molecule has 0 saturated heterocycles. The Morgan fingerprint density at radius 3 is 2.50 bits per heavy atom. The zero-order valence-electron chi connectivity index (χ0n) is 16.8. The Bertz CT molecular complexity index is 1180. The second-order valence-corrected chi connectivity index (χ2v) is 9.75. The molecule has 0 radical (unpaired) electrons. The number of thioether (sulfide) groups is 1. The molecule has 10 heteroatoms. The molecule has 3 N–H and O–H groups in total. The zero-order valence-corrected chi connectivity index (χ0v) is 18.4. The van der Waals surface area contributed by atoms with Crippen LogP contribution in [0.25, 0.3) is 11.0 Å². The van der Waals surface area contributed by atoms with Crippen molar-refractivity contribution in [3.05, 3.63) is 53.8 Å². The van der Waals surface area contributed by atoms with Gasteiger partial charge in [0, 0.05) is 6.54 Å². The molecule has 7 nitrogen and oxygen atoms in total. The number of rotatable bonds is 7. The number of fused-ring (bicyclic) bond motifs is 1. The number of halogens is 1. The number of primary sulfonamides is 1. The second-order valence-electron chi connectivity index (χ2n) is 6.88. The minimum atomic E-state index is -3.83. The second kappa shape index (κ2) is 8.75. The number of aromatic nitrogens is 2. The van der Waals surface area contributed by atoms with Crippen LogP contribution in [-0.4, -0.2) is 29.1 Å². The molecule has 1 aromatic heterocycles. The Kier molecular flexibility index (Phi) is 6.49. The average molecular weight is 451 g/mol. The van der Waals surface area contributed by atoms with Crippen molar-refractivity contribution in [2.45, 2.75) is 48.7 Å². The molecule has 2 aromatic carbocycles. The van der Waals surface area contributed by atoms with E-state index < -0.39 is 15.3 Å². The maximum absolute atomic E-state index is 13.1. The fourth-order valence-electron chi connectivity index (χ4n) is 3.04. The monoisotopic (exact) mass is 450 g/mol. The van der Waals surface area contributed by atoms with Crippen LogP contribution in [0, 0.1) is 5.82 Å². The summed E-state index contributed by atoms with van der Waals surface area (Å²) in [7, 11) is -3.83. The third-order valence-electron chi connectivity index (χ3n) is 4.71. The van der Waals surface area contributed by atoms with E-state index in [2.05, 4.69) is 10.3 Å². The Hall–Kier alpha value is -2.43. The van der Waals surface area contributed by atoms with Crippen LogP contribution in [0.5, 0.6) is 0 Å². The number of carbonyl (C=O) groups excluding carboxylic acids is 1. The van der Waals surface area contributed by atoms with E-state index in [1.165, 1.54) is 36.0 Å². The van der Waals surface area contributed by atoms with Crippen LogP contribution in [0.1, 0.15) is 32.4 Å². The SMILES string of the molecule is CCn1c(S[C@H](C)C(=O)N[C@H](C)c2ccc(F)cc2)nc2cc(S(N)(=O)=O)ccc21. The summed E-state index contributed by atoms with van der Waals surface area (Å²) >= 11 is 1.28. The van der Waals surface area contributed by atoms with Gasteiger partial charge in [0.1, 0.15) is 5.82 Å². The summed E-state index contributed by atoms with van der Waals surface area (Å²) in [6.07, 6.45) is 0. The molecular weight excluding hydrogens is 427 g/mol. The van der Waals surface area contributed by atoms with Crippen molar-refractivity contribution in [3.8, 4) is 0 Å². The molecule has 1 heterocycles. The van der Waals surface area contributed by atoms with Gasteiger partial charge in [-0.3, -0.25) is 4.79 Å². The zero-order chi connectivity index (χ0) is 22.1. The summed E-state index contributed by atoms with van der Waals surface area (Å²) in [4.78, 5) is 17.2. The van der Waals surface area contributed by atoms with Gasteiger partial charge in [0.25, 0.3) is 0 Å². The lowest BCUT2D eigenvalue weighted by Crippen LogP contribution is -2.33. The van der Waals surface area contributed by atoms with E-state index in [0.29, 0.717) is 17.2 Å². The molecule has 0 aliphatic heterocycles. The summed E-state index contributed by atoms with van der Waals surface area (Å²) in [6.45, 7) is 6.15. The molecule has 3 rings (SSSR count). The number of nitrogens with zero attached hydrogens (tertiary/aromatic N) is 2. The molecule has 2 atom stereocenters. The molecule has 160 valence electrons. The molecule has 0 spiro atoms. The lowest BCUT2D eigenvalue weighted by atomic mass is 10.1. The van der Waals surface area contributed by atoms with Crippen molar-refractivity contribution in [3.63, 3.8) is 0 Å². The van der Waals surface area contributed by atoms with E-state index in [-0.39, 0.29) is 22.7 Å². The van der Waals surface area contributed by atoms with Crippen molar-refractivity contribution in [2.24, 2.45) is 5.14 Å². The number of nitrogens with one attached hydrogen (secondary N) is 1. The summed E-state index contributed by atoms with van der Waals surface area (Å²) in [5, 5.41) is 8.28. The van der Waals surface area contributed by atoms with E-state index in [1.807, 2.05) is 18.4 Å². The minimum absolute atomic E-state index is 0.00813. The summed E-state index contributed by atoms with van der Waals surface area (Å²) in [6, 6.07) is 10.3. The van der Waals surface area contributed by atoms with E-state index in [0.717, 1.165) is 11.1 Å². The standard InChI is InChI=1S/C20H23FN4O3S2/c1-4-25-18-10-9-16(30(22,27)28)11-17(18)24-20(25)29-13(3)19(26)23-12(2)14-5-7-15(21)8-6-14/h5-13H,4H2,1-3H3,(H,23,26)(H2,22,27,28)/t12-,13-/m1/s1. The first-order chi connectivity index (χ1) is 14.1. The topological polar surface area (TPSA) is 107 Å². The van der Waals surface area contributed by atoms with Crippen LogP contribution in [0.15, 0.2) is 52.5 Å². The first-order valence-electron chi connectivity index (χ1n) is 9.35. The molecular formula is C20H23FN4O3S2. The highest BCUT2D eigenvalue weighted by atomic mass is 32.2. The van der Waals surface area contributed by atoms with Crippen molar-refractivity contribution in [2.75, 3.05) is 0 Å². The Balaban J connectivity index is 1.78. The number of hydrogen-bond acceptors (Lipinski definition) is 5. The third-order valence-corrected chi connectivity index (χ3v) is 6.71. The molecule has 1 amide bonds. The average Bonchev–Trinajstić information content (AvgIpc) is 3.03. The maximum Gasteiger partial charge on any atom is 0.238 e. The van der Waals surface area contributed by atoms with Crippen LogP contribution >= 0.6 is 11.8 Å². The predicted molar refractivity (Wildman–Crippen MR) is 115 cm³/mol. The van der Waals surface area contributed by atoms with Gasteiger partial charge < -0.3 is 9.88 Å². The number of sulfonamides is 1. The van der Waals surface area contributed by atoms with Crippen molar-refractivity contribution in [1.29, 1.82) is 0 Å². The van der Waals surface area contributed by atoms with Gasteiger partial charge in [-0.25, -0.2) is 22.9 Å². The number of aryl methyl sites for hydroxylation is 1. The van der Waals surface area contributed by atoms with Gasteiger partial charge in [0.15, 0.2) is 5.16 Å². The van der Waals surface area contributed by atoms with E-state index in [9.17, 15) is 17.6 Å². The minimum Gasteiger partial charge on any atom is -0.349 e. The van der Waals surface area contributed by atoms with Gasteiger partial charge in [-0.2, -0.15) is 0 Å². The molecule has 0 bridgehead atoms. The highest BCUT2D eigenvalue weighted by molar-refractivity contribution is 8.00. The number of hydrogen-bond donors (Lipinski definition) is 2. The first-order valence-corrected chi connectivity index (χ1v) is 11.8. The Labute approximate surface area is 178 Å². The summed E-state index contributed by atoms with van der Waals surface area (Å²) < 4.78 is 38.2. The van der Waals surface area contributed by atoms with E-state index in [1.54, 1.807) is 25.1 Å². The van der Waals surface area contributed by atoms with Gasteiger partial charge in [-0.15, -0.1) is 0 Å². The van der Waals surface area contributed by atoms with Gasteiger partial charge in [0.2, 0.25) is 15.9 Å². The molecule has 3 aromatic rings. The number of imidazole rings is 1. The number of carbonyl (C=O) groups is 1. The third kappa shape index (κ3) is 4.82. The van der Waals surface area contributed by atoms with Gasteiger partial charge in [-0.05, 0) is 56.7 Å². The first kappa shape index (κ1) is 22.3. The van der Waals surface area contributed by atoms with Crippen LogP contribution in [0.4, 0.5) is 4.39 Å². The highest BCUT2D eigenvalue weighted by Gasteiger charge is 2.21. The number of nitrogens with two attached hydrogens (primary N) is 1. The fraction of sp³-hybridized carbons (Fsp3) is 0.300. The maximum atomic E-state index is 13.1. The Morgan fingerprint density at radius 2 is 1.90 bits per heavy atom. The van der Waals surface area contributed by atoms with Crippen LogP contribution in [0.2, 0.25) is 0 Å². The van der Waals surface area contributed by atoms with Crippen molar-refractivity contribution in [1.82, 2.24) is 14.9 Å². The normalized spacial score (nSPS) is 13.9. The smallest absolute Gasteiger partial charge is 0.238 e. The molecule has 0 aliphatic carbocycles. The Morgan fingerprint density at radius 1 is 1.23 bits per heavy atom. The van der Waals surface area contributed by atoms with Crippen molar-refractivity contribution >= 4 is 38.7 Å². The lowest BCUT2D eigenvalue weighted by Gasteiger charge is -2.18. The van der Waals surface area contributed by atoms with Crippen LogP contribution in [0.3, 0.4) is 0 Å². The summed E-state index contributed by atoms with van der Waals surface area (Å²) in [5.74, 6) is -0.512. The fourth-order valence-corrected chi connectivity index (χ4v) is 4.57. The van der Waals surface area contributed by atoms with Gasteiger partial charge >= 0.3 is 0 Å². The molecule has 0 unspecified atom stereocenters. The van der Waals surface area contributed by atoms with Gasteiger partial charge in [0.05, 0.1) is 27.2 Å². The number of amides is 1. The van der Waals surface area contributed by atoms with Gasteiger partial charge in [-0.1, -0.05) is 23.9 Å². The molecule has 30 heavy (non-hydrogen) atoms. The van der Waals surface area contributed by atoms with Crippen molar-refractivity contribution < 1.29 is 17.6 Å². The predicted octanol–water partition coefficient (Wildman–Crippen LogP) is 3.20. The van der Waals surface area contributed by atoms with E-state index >= 15 is 0 Å². The molecule has 0 fully saturated rings. The highest BCUT2D eigenvalue weighted by Crippen LogP contribution is 2.29. The van der Waals surface area contributed by atoms with Crippen LogP contribution in [-0.2, 0) is 21.4 Å². The lowest BCUT2D eigenvalue weighted by molar-refractivity contribution is -0.120. The molecule has 0 saturated carbocycles.